The van der Waals surface area contributed by atoms with E-state index in [0.29, 0.717) is 11.1 Å². The van der Waals surface area contributed by atoms with Gasteiger partial charge in [-0.1, -0.05) is 56.3 Å². The van der Waals surface area contributed by atoms with Crippen LogP contribution >= 0.6 is 7.37 Å². The molecule has 0 amide bonds. The second kappa shape index (κ2) is 9.85. The molecule has 164 valence electrons. The Hall–Kier alpha value is -2.03. The number of benzene rings is 2. The predicted molar refractivity (Wildman–Crippen MR) is 115 cm³/mol. The SMILES string of the molecule is CC(C)C(NS(=O)(=O)c1ccccc1)P(=O)(O)CC(C(=O)O)c1cccc(CN)c1. The molecule has 0 radical (unpaired) electrons. The van der Waals surface area contributed by atoms with Crippen LogP contribution in [-0.2, 0) is 25.9 Å². The molecule has 2 rings (SSSR count). The summed E-state index contributed by atoms with van der Waals surface area (Å²) >= 11 is 0. The molecule has 10 heteroatoms. The zero-order valence-corrected chi connectivity index (χ0v) is 18.5. The number of carbonyl (C=O) groups is 1. The Balaban J connectivity index is 2.36. The van der Waals surface area contributed by atoms with Crippen LogP contribution in [0.5, 0.6) is 0 Å². The zero-order valence-electron chi connectivity index (χ0n) is 16.8. The van der Waals surface area contributed by atoms with Crippen molar-refractivity contribution in [2.75, 3.05) is 6.16 Å². The second-order valence-electron chi connectivity index (χ2n) is 7.40. The van der Waals surface area contributed by atoms with Crippen LogP contribution in [0, 0.1) is 5.92 Å². The standard InChI is InChI=1S/C20H27N2O6PS/c1-14(2)19(22-30(27,28)17-9-4-3-5-10-17)29(25,26)13-18(20(23)24)16-8-6-7-15(11-16)12-21/h3-11,14,18-19,22H,12-13,21H2,1-2H3,(H,23,24)(H,25,26). The Labute approximate surface area is 176 Å². The highest BCUT2D eigenvalue weighted by Gasteiger charge is 2.40. The highest BCUT2D eigenvalue weighted by molar-refractivity contribution is 7.90. The summed E-state index contributed by atoms with van der Waals surface area (Å²) < 4.78 is 40.9. The number of carboxylic acid groups (broad SMARTS) is 1. The third kappa shape index (κ3) is 6.00. The molecule has 0 spiro atoms. The smallest absolute Gasteiger partial charge is 0.311 e. The van der Waals surface area contributed by atoms with Gasteiger partial charge in [-0.15, -0.1) is 0 Å². The Kier molecular flexibility index (Phi) is 7.96. The molecule has 2 aromatic carbocycles. The molecule has 0 bridgehead atoms. The van der Waals surface area contributed by atoms with Gasteiger partial charge in [-0.2, -0.15) is 4.72 Å². The molecule has 3 atom stereocenters. The lowest BCUT2D eigenvalue weighted by Crippen LogP contribution is -2.39. The third-order valence-electron chi connectivity index (χ3n) is 4.73. The van der Waals surface area contributed by atoms with E-state index >= 15 is 0 Å². The van der Waals surface area contributed by atoms with Gasteiger partial charge in [-0.25, -0.2) is 8.42 Å². The van der Waals surface area contributed by atoms with Gasteiger partial charge in [0.25, 0.3) is 0 Å². The number of sulfonamides is 1. The van der Waals surface area contributed by atoms with Gasteiger partial charge in [0.05, 0.1) is 10.8 Å². The average Bonchev–Trinajstić information content (AvgIpc) is 2.70. The van der Waals surface area contributed by atoms with Gasteiger partial charge in [0, 0.05) is 12.7 Å². The van der Waals surface area contributed by atoms with Crippen LogP contribution in [0.3, 0.4) is 0 Å². The molecule has 0 aliphatic carbocycles. The highest BCUT2D eigenvalue weighted by atomic mass is 32.2. The maximum absolute atomic E-state index is 13.2. The third-order valence-corrected chi connectivity index (χ3v) is 8.84. The minimum absolute atomic E-state index is 0.0407. The van der Waals surface area contributed by atoms with Crippen molar-refractivity contribution in [3.63, 3.8) is 0 Å². The summed E-state index contributed by atoms with van der Waals surface area (Å²) in [6.07, 6.45) is -0.615. The van der Waals surface area contributed by atoms with Crippen LogP contribution in [0.25, 0.3) is 0 Å². The number of hydrogen-bond acceptors (Lipinski definition) is 5. The van der Waals surface area contributed by atoms with Crippen molar-refractivity contribution in [1.82, 2.24) is 4.72 Å². The zero-order chi connectivity index (χ0) is 22.5. The predicted octanol–water partition coefficient (Wildman–Crippen LogP) is 2.54. The lowest BCUT2D eigenvalue weighted by molar-refractivity contribution is -0.138. The fourth-order valence-electron chi connectivity index (χ4n) is 3.15. The van der Waals surface area contributed by atoms with Crippen molar-refractivity contribution < 1.29 is 27.8 Å². The number of hydrogen-bond donors (Lipinski definition) is 4. The van der Waals surface area contributed by atoms with Gasteiger partial charge in [0.2, 0.25) is 17.4 Å². The minimum atomic E-state index is -4.28. The van der Waals surface area contributed by atoms with E-state index in [9.17, 15) is 27.8 Å². The van der Waals surface area contributed by atoms with E-state index in [-0.39, 0.29) is 11.4 Å². The molecule has 0 heterocycles. The molecule has 0 aromatic heterocycles. The Morgan fingerprint density at radius 1 is 1.13 bits per heavy atom. The minimum Gasteiger partial charge on any atom is -0.481 e. The summed E-state index contributed by atoms with van der Waals surface area (Å²) in [6.45, 7) is 3.40. The Morgan fingerprint density at radius 3 is 2.30 bits per heavy atom. The van der Waals surface area contributed by atoms with Crippen molar-refractivity contribution in [2.45, 2.75) is 37.0 Å². The van der Waals surface area contributed by atoms with Crippen LogP contribution in [0.4, 0.5) is 0 Å². The molecule has 2 aromatic rings. The van der Waals surface area contributed by atoms with Gasteiger partial charge in [-0.05, 0) is 29.2 Å². The van der Waals surface area contributed by atoms with Crippen molar-refractivity contribution >= 4 is 23.4 Å². The summed E-state index contributed by atoms with van der Waals surface area (Å²) in [7, 11) is -8.34. The molecular formula is C20H27N2O6PS. The Bertz CT molecular complexity index is 1030. The van der Waals surface area contributed by atoms with E-state index in [1.807, 2.05) is 0 Å². The first-order valence-corrected chi connectivity index (χ1v) is 12.8. The Morgan fingerprint density at radius 2 is 1.77 bits per heavy atom. The largest absolute Gasteiger partial charge is 0.481 e. The van der Waals surface area contributed by atoms with E-state index in [1.165, 1.54) is 12.1 Å². The van der Waals surface area contributed by atoms with E-state index in [1.54, 1.807) is 56.3 Å². The van der Waals surface area contributed by atoms with Crippen molar-refractivity contribution in [3.05, 3.63) is 65.7 Å². The number of aliphatic carboxylic acids is 1. The van der Waals surface area contributed by atoms with Crippen molar-refractivity contribution in [2.24, 2.45) is 11.7 Å². The molecule has 8 nitrogen and oxygen atoms in total. The molecular weight excluding hydrogens is 427 g/mol. The van der Waals surface area contributed by atoms with Gasteiger partial charge in [-0.3, -0.25) is 9.36 Å². The molecule has 30 heavy (non-hydrogen) atoms. The average molecular weight is 454 g/mol. The van der Waals surface area contributed by atoms with E-state index in [4.69, 9.17) is 5.73 Å². The summed E-state index contributed by atoms with van der Waals surface area (Å²) in [6, 6.07) is 14.0. The van der Waals surface area contributed by atoms with Gasteiger partial charge in [0.15, 0.2) is 0 Å². The van der Waals surface area contributed by atoms with Gasteiger partial charge >= 0.3 is 5.97 Å². The first kappa shape index (κ1) is 24.2. The van der Waals surface area contributed by atoms with Crippen LogP contribution in [0.2, 0.25) is 0 Å². The highest BCUT2D eigenvalue weighted by Crippen LogP contribution is 2.51. The maximum Gasteiger partial charge on any atom is 0.311 e. The number of rotatable bonds is 10. The molecule has 0 saturated heterocycles. The first-order valence-electron chi connectivity index (χ1n) is 9.38. The number of nitrogens with one attached hydrogen (secondary N) is 1. The first-order chi connectivity index (χ1) is 14.0. The topological polar surface area (TPSA) is 147 Å². The van der Waals surface area contributed by atoms with Gasteiger partial charge in [0.1, 0.15) is 5.78 Å². The summed E-state index contributed by atoms with van der Waals surface area (Å²) in [5.74, 6) is -4.45. The monoisotopic (exact) mass is 454 g/mol. The quantitative estimate of drug-likeness (QED) is 0.403. The lowest BCUT2D eigenvalue weighted by atomic mass is 9.99. The van der Waals surface area contributed by atoms with Crippen molar-refractivity contribution in [3.8, 4) is 0 Å². The lowest BCUT2D eigenvalue weighted by Gasteiger charge is -2.29. The second-order valence-corrected chi connectivity index (χ2v) is 11.5. The molecule has 0 fully saturated rings. The molecule has 0 aliphatic rings. The molecule has 0 aliphatic heterocycles. The summed E-state index contributed by atoms with van der Waals surface area (Å²) in [4.78, 5) is 22.6. The summed E-state index contributed by atoms with van der Waals surface area (Å²) in [5.41, 5.74) is 6.64. The molecule has 3 unspecified atom stereocenters. The van der Waals surface area contributed by atoms with Crippen LogP contribution in [0.1, 0.15) is 30.9 Å². The van der Waals surface area contributed by atoms with Gasteiger partial charge < -0.3 is 15.7 Å². The van der Waals surface area contributed by atoms with Crippen LogP contribution in [0.15, 0.2) is 59.5 Å². The van der Waals surface area contributed by atoms with E-state index in [0.717, 1.165) is 0 Å². The van der Waals surface area contributed by atoms with E-state index < -0.39 is 47.1 Å². The van der Waals surface area contributed by atoms with Crippen LogP contribution < -0.4 is 10.5 Å². The number of carboxylic acids is 1. The molecule has 0 saturated carbocycles. The van der Waals surface area contributed by atoms with Crippen molar-refractivity contribution in [1.29, 1.82) is 0 Å². The fraction of sp³-hybridized carbons (Fsp3) is 0.350. The normalized spacial score (nSPS) is 16.0. The number of nitrogens with two attached hydrogens (primary N) is 1. The maximum atomic E-state index is 13.2. The fourth-order valence-corrected chi connectivity index (χ4v) is 7.51. The molecule has 5 N–H and O–H groups in total. The van der Waals surface area contributed by atoms with E-state index in [2.05, 4.69) is 4.72 Å². The van der Waals surface area contributed by atoms with Crippen LogP contribution in [-0.4, -0.2) is 36.3 Å². The summed E-state index contributed by atoms with van der Waals surface area (Å²) in [5, 5.41) is 9.68.